The van der Waals surface area contributed by atoms with Gasteiger partial charge in [0.25, 0.3) is 15.9 Å². The van der Waals surface area contributed by atoms with Crippen molar-refractivity contribution in [2.75, 3.05) is 17.9 Å². The monoisotopic (exact) mass is 378 g/mol. The molecule has 0 saturated heterocycles. The van der Waals surface area contributed by atoms with Crippen molar-refractivity contribution in [2.45, 2.75) is 11.8 Å². The third-order valence-corrected chi connectivity index (χ3v) is 5.77. The average molecular weight is 379 g/mol. The molecule has 5 nitrogen and oxygen atoms in total. The Kier molecular flexibility index (Phi) is 5.87. The van der Waals surface area contributed by atoms with Crippen LogP contribution in [-0.4, -0.2) is 27.9 Å². The molecule has 2 aromatic carbocycles. The standard InChI is InChI=1S/C18H19ClN2O3S/c1-4-11-20-18(22)16-12-14(7-10-17(16)19)21(3)25(23,24)15-8-5-13(2)6-9-15/h4-10,12H,1,11H2,2-3H3,(H,20,22). The molecule has 2 aromatic rings. The lowest BCUT2D eigenvalue weighted by Crippen LogP contribution is -2.28. The van der Waals surface area contributed by atoms with Gasteiger partial charge in [-0.1, -0.05) is 35.4 Å². The Morgan fingerprint density at radius 1 is 1.24 bits per heavy atom. The van der Waals surface area contributed by atoms with Crippen molar-refractivity contribution in [3.63, 3.8) is 0 Å². The van der Waals surface area contributed by atoms with Gasteiger partial charge in [-0.3, -0.25) is 9.10 Å². The van der Waals surface area contributed by atoms with Crippen LogP contribution >= 0.6 is 11.6 Å². The van der Waals surface area contributed by atoms with Crippen LogP contribution in [0.15, 0.2) is 60.0 Å². The third kappa shape index (κ3) is 4.21. The summed E-state index contributed by atoms with van der Waals surface area (Å²) >= 11 is 6.07. The van der Waals surface area contributed by atoms with E-state index in [1.807, 2.05) is 6.92 Å². The van der Waals surface area contributed by atoms with Crippen molar-refractivity contribution in [3.8, 4) is 0 Å². The Labute approximate surface area is 153 Å². The van der Waals surface area contributed by atoms with Gasteiger partial charge in [0.2, 0.25) is 0 Å². The van der Waals surface area contributed by atoms with Crippen LogP contribution in [0.3, 0.4) is 0 Å². The fraction of sp³-hybridized carbons (Fsp3) is 0.167. The van der Waals surface area contributed by atoms with Gasteiger partial charge in [0.15, 0.2) is 0 Å². The number of nitrogens with zero attached hydrogens (tertiary/aromatic N) is 1. The predicted octanol–water partition coefficient (Wildman–Crippen LogP) is 3.39. The van der Waals surface area contributed by atoms with Crippen LogP contribution in [0.1, 0.15) is 15.9 Å². The smallest absolute Gasteiger partial charge is 0.264 e. The van der Waals surface area contributed by atoms with Gasteiger partial charge in [0, 0.05) is 13.6 Å². The van der Waals surface area contributed by atoms with E-state index in [9.17, 15) is 13.2 Å². The van der Waals surface area contributed by atoms with E-state index in [0.29, 0.717) is 5.69 Å². The number of halogens is 1. The molecule has 7 heteroatoms. The topological polar surface area (TPSA) is 66.5 Å². The van der Waals surface area contributed by atoms with E-state index in [1.165, 1.54) is 19.2 Å². The molecule has 2 rings (SSSR count). The predicted molar refractivity (Wildman–Crippen MR) is 101 cm³/mol. The highest BCUT2D eigenvalue weighted by Crippen LogP contribution is 2.27. The largest absolute Gasteiger partial charge is 0.349 e. The second-order valence-corrected chi connectivity index (χ2v) is 7.82. The molecule has 1 N–H and O–H groups in total. The second kappa shape index (κ2) is 7.72. The molecule has 0 aliphatic carbocycles. The number of carbonyl (C=O) groups is 1. The Morgan fingerprint density at radius 3 is 2.48 bits per heavy atom. The van der Waals surface area contributed by atoms with Gasteiger partial charge < -0.3 is 5.32 Å². The van der Waals surface area contributed by atoms with Gasteiger partial charge in [-0.2, -0.15) is 0 Å². The summed E-state index contributed by atoms with van der Waals surface area (Å²) < 4.78 is 26.6. The van der Waals surface area contributed by atoms with Crippen LogP contribution in [0.25, 0.3) is 0 Å². The highest BCUT2D eigenvalue weighted by atomic mass is 35.5. The molecule has 0 fully saturated rings. The van der Waals surface area contributed by atoms with Crippen molar-refractivity contribution < 1.29 is 13.2 Å². The Hall–Kier alpha value is -2.31. The van der Waals surface area contributed by atoms with Crippen molar-refractivity contribution in [1.29, 1.82) is 0 Å². The van der Waals surface area contributed by atoms with Crippen LogP contribution in [0.4, 0.5) is 5.69 Å². The number of hydrogen-bond acceptors (Lipinski definition) is 3. The van der Waals surface area contributed by atoms with Gasteiger partial charge in [-0.25, -0.2) is 8.42 Å². The van der Waals surface area contributed by atoms with Gasteiger partial charge in [0.05, 0.1) is 21.2 Å². The third-order valence-electron chi connectivity index (χ3n) is 3.64. The molecule has 0 radical (unpaired) electrons. The fourth-order valence-electron chi connectivity index (χ4n) is 2.15. The van der Waals surface area contributed by atoms with Gasteiger partial charge in [-0.05, 0) is 37.3 Å². The molecule has 0 saturated carbocycles. The lowest BCUT2D eigenvalue weighted by atomic mass is 10.2. The van der Waals surface area contributed by atoms with E-state index in [1.54, 1.807) is 36.4 Å². The highest BCUT2D eigenvalue weighted by molar-refractivity contribution is 7.92. The van der Waals surface area contributed by atoms with Gasteiger partial charge in [0.1, 0.15) is 0 Å². The highest BCUT2D eigenvalue weighted by Gasteiger charge is 2.22. The van der Waals surface area contributed by atoms with E-state index >= 15 is 0 Å². The molecular formula is C18H19ClN2O3S. The van der Waals surface area contributed by atoms with Crippen molar-refractivity contribution >= 4 is 33.2 Å². The number of rotatable bonds is 6. The number of aryl methyl sites for hydroxylation is 1. The molecule has 0 unspecified atom stereocenters. The van der Waals surface area contributed by atoms with E-state index in [2.05, 4.69) is 11.9 Å². The molecule has 25 heavy (non-hydrogen) atoms. The first-order valence-electron chi connectivity index (χ1n) is 7.51. The summed E-state index contributed by atoms with van der Waals surface area (Å²) in [5.74, 6) is -0.395. The summed E-state index contributed by atoms with van der Waals surface area (Å²) in [6.07, 6.45) is 1.55. The molecule has 0 aliphatic rings. The van der Waals surface area contributed by atoms with E-state index in [-0.39, 0.29) is 22.0 Å². The second-order valence-electron chi connectivity index (χ2n) is 5.45. The molecule has 0 bridgehead atoms. The maximum atomic E-state index is 12.8. The summed E-state index contributed by atoms with van der Waals surface area (Å²) in [4.78, 5) is 12.3. The minimum absolute atomic E-state index is 0.174. The summed E-state index contributed by atoms with van der Waals surface area (Å²) in [5, 5.41) is 2.86. The first-order valence-corrected chi connectivity index (χ1v) is 9.33. The maximum absolute atomic E-state index is 12.8. The minimum atomic E-state index is -3.74. The number of sulfonamides is 1. The van der Waals surface area contributed by atoms with Gasteiger partial charge >= 0.3 is 0 Å². The van der Waals surface area contributed by atoms with Gasteiger partial charge in [-0.15, -0.1) is 6.58 Å². The van der Waals surface area contributed by atoms with Crippen LogP contribution < -0.4 is 9.62 Å². The van der Waals surface area contributed by atoms with Crippen molar-refractivity contribution in [3.05, 3.63) is 71.3 Å². The van der Waals surface area contributed by atoms with Crippen molar-refractivity contribution in [2.24, 2.45) is 0 Å². The summed E-state index contributed by atoms with van der Waals surface area (Å²) in [5.41, 5.74) is 1.51. The fourth-order valence-corrected chi connectivity index (χ4v) is 3.54. The van der Waals surface area contributed by atoms with Crippen molar-refractivity contribution in [1.82, 2.24) is 5.32 Å². The number of hydrogen-bond donors (Lipinski definition) is 1. The number of nitrogens with one attached hydrogen (secondary N) is 1. The molecule has 0 atom stereocenters. The molecule has 0 aliphatic heterocycles. The number of carbonyl (C=O) groups excluding carboxylic acids is 1. The molecule has 0 spiro atoms. The molecule has 0 aromatic heterocycles. The van der Waals surface area contributed by atoms with E-state index < -0.39 is 15.9 Å². The minimum Gasteiger partial charge on any atom is -0.349 e. The lowest BCUT2D eigenvalue weighted by Gasteiger charge is -2.20. The van der Waals surface area contributed by atoms with E-state index in [0.717, 1.165) is 9.87 Å². The van der Waals surface area contributed by atoms with E-state index in [4.69, 9.17) is 11.6 Å². The number of anilines is 1. The maximum Gasteiger partial charge on any atom is 0.264 e. The molecule has 1 amide bonds. The first-order chi connectivity index (χ1) is 11.8. The van der Waals surface area contributed by atoms with Crippen LogP contribution in [0.2, 0.25) is 5.02 Å². The number of benzene rings is 2. The summed E-state index contributed by atoms with van der Waals surface area (Å²) in [7, 11) is -2.30. The van der Waals surface area contributed by atoms with Crippen LogP contribution in [0, 0.1) is 6.92 Å². The normalized spacial score (nSPS) is 11.0. The SMILES string of the molecule is C=CCNC(=O)c1cc(N(C)S(=O)(=O)c2ccc(C)cc2)ccc1Cl. The average Bonchev–Trinajstić information content (AvgIpc) is 2.59. The molecule has 0 heterocycles. The zero-order valence-corrected chi connectivity index (χ0v) is 15.6. The summed E-state index contributed by atoms with van der Waals surface area (Å²) in [6.45, 7) is 5.70. The van der Waals surface area contributed by atoms with Crippen LogP contribution in [-0.2, 0) is 10.0 Å². The van der Waals surface area contributed by atoms with Crippen LogP contribution in [0.5, 0.6) is 0 Å². The lowest BCUT2D eigenvalue weighted by molar-refractivity contribution is 0.0958. The quantitative estimate of drug-likeness (QED) is 0.783. The Balaban J connectivity index is 2.38. The molecule has 132 valence electrons. The summed E-state index contributed by atoms with van der Waals surface area (Å²) in [6, 6.07) is 11.1. The molecular weight excluding hydrogens is 360 g/mol. The zero-order chi connectivity index (χ0) is 18.6. The zero-order valence-electron chi connectivity index (χ0n) is 14.0. The first kappa shape index (κ1) is 19.0. The Morgan fingerprint density at radius 2 is 1.88 bits per heavy atom. The number of amides is 1. The Bertz CT molecular complexity index is 893.